The lowest BCUT2D eigenvalue weighted by Gasteiger charge is -2.30. The number of carbonyl (C=O) groups is 2. The van der Waals surface area contributed by atoms with Gasteiger partial charge in [0.05, 0.1) is 11.0 Å². The number of carboxylic acid groups (broad SMARTS) is 1. The third kappa shape index (κ3) is 3.02. The summed E-state index contributed by atoms with van der Waals surface area (Å²) in [7, 11) is 0. The molecule has 18 heavy (non-hydrogen) atoms. The van der Waals surface area contributed by atoms with Gasteiger partial charge in [0.15, 0.2) is 0 Å². The van der Waals surface area contributed by atoms with Gasteiger partial charge in [-0.15, -0.1) is 0 Å². The van der Waals surface area contributed by atoms with Crippen molar-refractivity contribution in [3.8, 4) is 0 Å². The van der Waals surface area contributed by atoms with Gasteiger partial charge in [-0.3, -0.25) is 9.59 Å². The molecule has 2 unspecified atom stereocenters. The number of carbonyl (C=O) groups excluding carboxylic acids is 1. The highest BCUT2D eigenvalue weighted by molar-refractivity contribution is 5.85. The third-order valence-electron chi connectivity index (χ3n) is 4.09. The minimum atomic E-state index is -1.05. The van der Waals surface area contributed by atoms with Crippen LogP contribution in [0.2, 0.25) is 0 Å². The Balaban J connectivity index is 2.72. The maximum absolute atomic E-state index is 12.1. The van der Waals surface area contributed by atoms with Crippen molar-refractivity contribution in [2.24, 2.45) is 11.3 Å². The van der Waals surface area contributed by atoms with Crippen molar-refractivity contribution in [2.45, 2.75) is 46.1 Å². The second-order valence-corrected chi connectivity index (χ2v) is 6.12. The summed E-state index contributed by atoms with van der Waals surface area (Å²) < 4.78 is 0. The van der Waals surface area contributed by atoms with Gasteiger partial charge in [-0.1, -0.05) is 13.8 Å². The van der Waals surface area contributed by atoms with E-state index in [4.69, 9.17) is 0 Å². The van der Waals surface area contributed by atoms with Gasteiger partial charge in [0.25, 0.3) is 0 Å². The molecule has 0 aliphatic carbocycles. The van der Waals surface area contributed by atoms with Crippen LogP contribution in [0.25, 0.3) is 0 Å². The molecule has 0 aromatic carbocycles. The Hall–Kier alpha value is -1.10. The van der Waals surface area contributed by atoms with Gasteiger partial charge in [0.1, 0.15) is 0 Å². The first-order chi connectivity index (χ1) is 8.08. The number of likely N-dealkylation sites (tertiary alicyclic amines) is 1. The Kier molecular flexibility index (Phi) is 4.05. The van der Waals surface area contributed by atoms with Crippen LogP contribution in [0.3, 0.4) is 0 Å². The van der Waals surface area contributed by atoms with Crippen LogP contribution in [0.15, 0.2) is 0 Å². The molecule has 5 nitrogen and oxygen atoms in total. The molecule has 1 amide bonds. The molecule has 2 N–H and O–H groups in total. The normalized spacial score (nSPS) is 27.3. The highest BCUT2D eigenvalue weighted by atomic mass is 16.4. The van der Waals surface area contributed by atoms with Gasteiger partial charge in [0.2, 0.25) is 5.91 Å². The fraction of sp³-hybridized carbons (Fsp3) is 0.846. The van der Waals surface area contributed by atoms with E-state index in [1.807, 2.05) is 13.8 Å². The van der Waals surface area contributed by atoms with Gasteiger partial charge in [-0.25, -0.2) is 0 Å². The summed E-state index contributed by atoms with van der Waals surface area (Å²) in [6.07, 6.45) is 0.528. The van der Waals surface area contributed by atoms with Crippen molar-refractivity contribution < 1.29 is 19.8 Å². The lowest BCUT2D eigenvalue weighted by molar-refractivity contribution is -0.155. The van der Waals surface area contributed by atoms with E-state index in [0.29, 0.717) is 19.5 Å². The van der Waals surface area contributed by atoms with Gasteiger partial charge < -0.3 is 15.1 Å². The lowest BCUT2D eigenvalue weighted by atomic mass is 9.76. The Morgan fingerprint density at radius 3 is 2.33 bits per heavy atom. The summed E-state index contributed by atoms with van der Waals surface area (Å²) in [6.45, 7) is 7.70. The molecule has 1 heterocycles. The largest absolute Gasteiger partial charge is 0.481 e. The number of β-amino-alcohol motifs (C(OH)–C–C–N with tert-alkyl or cyclic N) is 1. The number of amides is 1. The predicted octanol–water partition coefficient (Wildman–Crippen LogP) is 1.11. The molecule has 0 spiro atoms. The van der Waals surface area contributed by atoms with Crippen molar-refractivity contribution in [1.29, 1.82) is 0 Å². The average molecular weight is 257 g/mol. The van der Waals surface area contributed by atoms with E-state index in [2.05, 4.69) is 0 Å². The zero-order chi connectivity index (χ0) is 14.1. The predicted molar refractivity (Wildman–Crippen MR) is 67.0 cm³/mol. The summed E-state index contributed by atoms with van der Waals surface area (Å²) >= 11 is 0. The van der Waals surface area contributed by atoms with Gasteiger partial charge in [-0.2, -0.15) is 0 Å². The fourth-order valence-corrected chi connectivity index (χ4v) is 2.11. The quantitative estimate of drug-likeness (QED) is 0.790. The average Bonchev–Trinajstić information content (AvgIpc) is 2.58. The first-order valence-electron chi connectivity index (χ1n) is 6.32. The monoisotopic (exact) mass is 257 g/mol. The molecule has 1 fully saturated rings. The molecule has 1 aliphatic heterocycles. The van der Waals surface area contributed by atoms with Crippen LogP contribution in [0, 0.1) is 11.3 Å². The first kappa shape index (κ1) is 15.0. The molecule has 104 valence electrons. The minimum Gasteiger partial charge on any atom is -0.481 e. The van der Waals surface area contributed by atoms with E-state index < -0.39 is 17.0 Å². The third-order valence-corrected chi connectivity index (χ3v) is 4.09. The summed E-state index contributed by atoms with van der Waals surface area (Å²) in [4.78, 5) is 25.0. The van der Waals surface area contributed by atoms with Crippen LogP contribution in [0.4, 0.5) is 0 Å². The molecule has 2 atom stereocenters. The summed E-state index contributed by atoms with van der Waals surface area (Å²) in [6, 6.07) is 0. The summed E-state index contributed by atoms with van der Waals surface area (Å²) in [5, 5.41) is 19.1. The van der Waals surface area contributed by atoms with Crippen LogP contribution in [0.1, 0.15) is 40.5 Å². The van der Waals surface area contributed by atoms with Crippen LogP contribution >= 0.6 is 0 Å². The van der Waals surface area contributed by atoms with Crippen LogP contribution < -0.4 is 0 Å². The standard InChI is InChI=1S/C13H23NO4/c1-9(2)13(4,11(16)17)7-10(15)14-6-5-12(3,18)8-14/h9,18H,5-8H2,1-4H3,(H,16,17). The van der Waals surface area contributed by atoms with E-state index in [0.717, 1.165) is 0 Å². The number of aliphatic hydroxyl groups is 1. The smallest absolute Gasteiger partial charge is 0.310 e. The Bertz CT molecular complexity index is 351. The van der Waals surface area contributed by atoms with Gasteiger partial charge >= 0.3 is 5.97 Å². The van der Waals surface area contributed by atoms with Crippen molar-refractivity contribution >= 4 is 11.9 Å². The zero-order valence-corrected chi connectivity index (χ0v) is 11.6. The minimum absolute atomic E-state index is 0.0178. The van der Waals surface area contributed by atoms with Crippen molar-refractivity contribution in [1.82, 2.24) is 4.90 Å². The van der Waals surface area contributed by atoms with Crippen LogP contribution in [0.5, 0.6) is 0 Å². The number of nitrogens with zero attached hydrogens (tertiary/aromatic N) is 1. The van der Waals surface area contributed by atoms with E-state index in [1.165, 1.54) is 0 Å². The number of rotatable bonds is 4. The lowest BCUT2D eigenvalue weighted by Crippen LogP contribution is -2.41. The molecular formula is C13H23NO4. The molecule has 0 aromatic heterocycles. The second kappa shape index (κ2) is 4.88. The number of hydrogen-bond acceptors (Lipinski definition) is 3. The second-order valence-electron chi connectivity index (χ2n) is 6.12. The van der Waals surface area contributed by atoms with E-state index >= 15 is 0 Å². The van der Waals surface area contributed by atoms with Crippen LogP contribution in [-0.4, -0.2) is 45.7 Å². The number of hydrogen-bond donors (Lipinski definition) is 2. The molecule has 0 aromatic rings. The molecule has 0 bridgehead atoms. The Labute approximate surface area is 108 Å². The fourth-order valence-electron chi connectivity index (χ4n) is 2.11. The van der Waals surface area contributed by atoms with E-state index in [9.17, 15) is 19.8 Å². The summed E-state index contributed by atoms with van der Waals surface area (Å²) in [5.41, 5.74) is -1.89. The molecule has 1 rings (SSSR count). The topological polar surface area (TPSA) is 77.8 Å². The highest BCUT2D eigenvalue weighted by Gasteiger charge is 2.42. The summed E-state index contributed by atoms with van der Waals surface area (Å²) in [5.74, 6) is -1.26. The Morgan fingerprint density at radius 2 is 2.00 bits per heavy atom. The zero-order valence-electron chi connectivity index (χ0n) is 11.6. The molecule has 1 saturated heterocycles. The first-order valence-corrected chi connectivity index (χ1v) is 6.32. The molecule has 5 heteroatoms. The molecular weight excluding hydrogens is 234 g/mol. The molecule has 0 saturated carbocycles. The Morgan fingerprint density at radius 1 is 1.44 bits per heavy atom. The van der Waals surface area contributed by atoms with Crippen molar-refractivity contribution in [2.75, 3.05) is 13.1 Å². The maximum Gasteiger partial charge on any atom is 0.310 e. The van der Waals surface area contributed by atoms with Gasteiger partial charge in [-0.05, 0) is 26.2 Å². The van der Waals surface area contributed by atoms with Crippen molar-refractivity contribution in [3.63, 3.8) is 0 Å². The molecule has 1 aliphatic rings. The van der Waals surface area contributed by atoms with E-state index in [1.54, 1.807) is 18.7 Å². The van der Waals surface area contributed by atoms with Gasteiger partial charge in [0, 0.05) is 19.5 Å². The maximum atomic E-state index is 12.1. The number of carboxylic acids is 1. The van der Waals surface area contributed by atoms with Crippen molar-refractivity contribution in [3.05, 3.63) is 0 Å². The highest BCUT2D eigenvalue weighted by Crippen LogP contribution is 2.33. The van der Waals surface area contributed by atoms with E-state index in [-0.39, 0.29) is 18.2 Å². The molecule has 0 radical (unpaired) electrons. The van der Waals surface area contributed by atoms with Crippen LogP contribution in [-0.2, 0) is 9.59 Å². The SMILES string of the molecule is CC(C)C(C)(CC(=O)N1CCC(C)(O)C1)C(=O)O. The number of aliphatic carboxylic acids is 1.